The lowest BCUT2D eigenvalue weighted by Crippen LogP contribution is -2.31. The molecule has 1 rings (SSSR count). The second-order valence-corrected chi connectivity index (χ2v) is 3.75. The second kappa shape index (κ2) is 6.00. The fourth-order valence-corrected chi connectivity index (χ4v) is 1.30. The van der Waals surface area contributed by atoms with Crippen LogP contribution in [0.5, 0.6) is 5.75 Å². The van der Waals surface area contributed by atoms with Crippen molar-refractivity contribution in [2.45, 2.75) is 20.8 Å². The van der Waals surface area contributed by atoms with Crippen LogP contribution in [0.3, 0.4) is 0 Å². The summed E-state index contributed by atoms with van der Waals surface area (Å²) in [5, 5.41) is 12.1. The van der Waals surface area contributed by atoms with Crippen LogP contribution in [0.25, 0.3) is 0 Å². The maximum atomic E-state index is 11.7. The van der Waals surface area contributed by atoms with Crippen LogP contribution in [0.1, 0.15) is 28.5 Å². The molecule has 0 spiro atoms. The summed E-state index contributed by atoms with van der Waals surface area (Å²) in [5.74, 6) is -1.31. The van der Waals surface area contributed by atoms with Gasteiger partial charge in [-0.2, -0.15) is 0 Å². The van der Waals surface area contributed by atoms with Crippen molar-refractivity contribution in [3.05, 3.63) is 23.0 Å². The van der Waals surface area contributed by atoms with Gasteiger partial charge < -0.3 is 15.2 Å². The first-order valence-corrected chi connectivity index (χ1v) is 5.56. The molecule has 0 aliphatic rings. The molecule has 6 nitrogen and oxygen atoms in total. The van der Waals surface area contributed by atoms with Gasteiger partial charge in [-0.1, -0.05) is 0 Å². The third-order valence-corrected chi connectivity index (χ3v) is 2.47. The van der Waals surface area contributed by atoms with E-state index < -0.39 is 11.9 Å². The zero-order chi connectivity index (χ0) is 13.7. The topological polar surface area (TPSA) is 88.5 Å². The van der Waals surface area contributed by atoms with Gasteiger partial charge in [0.05, 0.1) is 6.61 Å². The van der Waals surface area contributed by atoms with Gasteiger partial charge in [0.1, 0.15) is 12.3 Å². The van der Waals surface area contributed by atoms with Crippen molar-refractivity contribution >= 4 is 11.9 Å². The molecule has 1 aromatic rings. The van der Waals surface area contributed by atoms with E-state index in [-0.39, 0.29) is 24.6 Å². The SMILES string of the molecule is CCOC(=O)CNC(=O)c1ncc(C)c(C)c1O. The number of ether oxygens (including phenoxy) is 1. The number of aromatic nitrogens is 1. The van der Waals surface area contributed by atoms with Crippen LogP contribution < -0.4 is 5.32 Å². The maximum Gasteiger partial charge on any atom is 0.325 e. The van der Waals surface area contributed by atoms with E-state index in [1.54, 1.807) is 20.8 Å². The highest BCUT2D eigenvalue weighted by Gasteiger charge is 2.16. The molecule has 0 saturated heterocycles. The van der Waals surface area contributed by atoms with Gasteiger partial charge in [0.25, 0.3) is 5.91 Å². The molecule has 0 atom stereocenters. The van der Waals surface area contributed by atoms with Gasteiger partial charge in [-0.3, -0.25) is 9.59 Å². The quantitative estimate of drug-likeness (QED) is 0.770. The minimum Gasteiger partial charge on any atom is -0.505 e. The highest BCUT2D eigenvalue weighted by Crippen LogP contribution is 2.22. The molecule has 2 N–H and O–H groups in total. The summed E-state index contributed by atoms with van der Waals surface area (Å²) >= 11 is 0. The highest BCUT2D eigenvalue weighted by atomic mass is 16.5. The van der Waals surface area contributed by atoms with Crippen LogP contribution in [0, 0.1) is 13.8 Å². The van der Waals surface area contributed by atoms with Crippen LogP contribution in [0.15, 0.2) is 6.20 Å². The van der Waals surface area contributed by atoms with E-state index in [1.807, 2.05) is 0 Å². The standard InChI is InChI=1S/C12H16N2O4/c1-4-18-9(15)6-14-12(17)10-11(16)8(3)7(2)5-13-10/h5,16H,4,6H2,1-3H3,(H,14,17). The Morgan fingerprint density at radius 1 is 1.44 bits per heavy atom. The monoisotopic (exact) mass is 252 g/mol. The van der Waals surface area contributed by atoms with E-state index in [4.69, 9.17) is 0 Å². The summed E-state index contributed by atoms with van der Waals surface area (Å²) in [4.78, 5) is 26.6. The fraction of sp³-hybridized carbons (Fsp3) is 0.417. The molecule has 98 valence electrons. The number of carbonyl (C=O) groups is 2. The number of carbonyl (C=O) groups excluding carboxylic acids is 2. The Hall–Kier alpha value is -2.11. The van der Waals surface area contributed by atoms with Crippen LogP contribution in [-0.2, 0) is 9.53 Å². The molecule has 18 heavy (non-hydrogen) atoms. The largest absolute Gasteiger partial charge is 0.505 e. The first-order chi connectivity index (χ1) is 8.47. The normalized spacial score (nSPS) is 9.94. The summed E-state index contributed by atoms with van der Waals surface area (Å²) in [5.41, 5.74) is 1.28. The van der Waals surface area contributed by atoms with Crippen molar-refractivity contribution in [3.8, 4) is 5.75 Å². The van der Waals surface area contributed by atoms with Crippen molar-refractivity contribution in [2.75, 3.05) is 13.2 Å². The summed E-state index contributed by atoms with van der Waals surface area (Å²) in [6.07, 6.45) is 1.49. The number of nitrogens with one attached hydrogen (secondary N) is 1. The number of hydrogen-bond donors (Lipinski definition) is 2. The Kier molecular flexibility index (Phi) is 4.65. The molecule has 0 fully saturated rings. The number of aryl methyl sites for hydroxylation is 1. The van der Waals surface area contributed by atoms with E-state index in [0.717, 1.165) is 5.56 Å². The number of aromatic hydroxyl groups is 1. The van der Waals surface area contributed by atoms with Crippen molar-refractivity contribution in [1.29, 1.82) is 0 Å². The Morgan fingerprint density at radius 3 is 2.72 bits per heavy atom. The van der Waals surface area contributed by atoms with E-state index >= 15 is 0 Å². The van der Waals surface area contributed by atoms with Gasteiger partial charge in [0, 0.05) is 6.20 Å². The van der Waals surface area contributed by atoms with Gasteiger partial charge in [0.2, 0.25) is 0 Å². The Morgan fingerprint density at radius 2 is 2.11 bits per heavy atom. The molecule has 0 bridgehead atoms. The Labute approximate surface area is 105 Å². The highest BCUT2D eigenvalue weighted by molar-refractivity contribution is 5.96. The molecule has 0 saturated carbocycles. The number of esters is 1. The molecule has 0 radical (unpaired) electrons. The average Bonchev–Trinajstić information content (AvgIpc) is 2.34. The molecule has 1 amide bonds. The molecular weight excluding hydrogens is 236 g/mol. The van der Waals surface area contributed by atoms with Gasteiger partial charge in [-0.15, -0.1) is 0 Å². The lowest BCUT2D eigenvalue weighted by Gasteiger charge is -2.08. The predicted octanol–water partition coefficient (Wildman–Crippen LogP) is 0.697. The van der Waals surface area contributed by atoms with Crippen LogP contribution in [-0.4, -0.2) is 35.1 Å². The van der Waals surface area contributed by atoms with Crippen molar-refractivity contribution in [1.82, 2.24) is 10.3 Å². The molecule has 0 aliphatic carbocycles. The van der Waals surface area contributed by atoms with E-state index in [9.17, 15) is 14.7 Å². The van der Waals surface area contributed by atoms with Crippen LogP contribution in [0.4, 0.5) is 0 Å². The fourth-order valence-electron chi connectivity index (χ4n) is 1.30. The zero-order valence-corrected chi connectivity index (χ0v) is 10.6. The lowest BCUT2D eigenvalue weighted by atomic mass is 10.1. The van der Waals surface area contributed by atoms with Gasteiger partial charge >= 0.3 is 5.97 Å². The third-order valence-electron chi connectivity index (χ3n) is 2.47. The van der Waals surface area contributed by atoms with E-state index in [1.165, 1.54) is 6.20 Å². The Bertz CT molecular complexity index is 471. The van der Waals surface area contributed by atoms with Gasteiger partial charge in [0.15, 0.2) is 5.69 Å². The van der Waals surface area contributed by atoms with Crippen molar-refractivity contribution < 1.29 is 19.4 Å². The van der Waals surface area contributed by atoms with E-state index in [0.29, 0.717) is 5.56 Å². The molecule has 0 unspecified atom stereocenters. The first-order valence-electron chi connectivity index (χ1n) is 5.56. The number of nitrogens with zero attached hydrogens (tertiary/aromatic N) is 1. The van der Waals surface area contributed by atoms with Crippen LogP contribution >= 0.6 is 0 Å². The summed E-state index contributed by atoms with van der Waals surface area (Å²) in [7, 11) is 0. The maximum absolute atomic E-state index is 11.7. The lowest BCUT2D eigenvalue weighted by molar-refractivity contribution is -0.141. The van der Waals surface area contributed by atoms with E-state index in [2.05, 4.69) is 15.0 Å². The minimum atomic E-state index is -0.608. The number of rotatable bonds is 4. The number of amides is 1. The third kappa shape index (κ3) is 3.19. The minimum absolute atomic E-state index is 0.0950. The predicted molar refractivity (Wildman–Crippen MR) is 64.3 cm³/mol. The van der Waals surface area contributed by atoms with Crippen molar-refractivity contribution in [3.63, 3.8) is 0 Å². The summed E-state index contributed by atoms with van der Waals surface area (Å²) in [6.45, 7) is 5.15. The molecular formula is C12H16N2O4. The first kappa shape index (κ1) is 14.0. The number of hydrogen-bond acceptors (Lipinski definition) is 5. The molecule has 1 heterocycles. The van der Waals surface area contributed by atoms with Crippen LogP contribution in [0.2, 0.25) is 0 Å². The average molecular weight is 252 g/mol. The molecule has 0 aliphatic heterocycles. The number of pyridine rings is 1. The van der Waals surface area contributed by atoms with Crippen molar-refractivity contribution in [2.24, 2.45) is 0 Å². The Balaban J connectivity index is 2.74. The van der Waals surface area contributed by atoms with Gasteiger partial charge in [-0.05, 0) is 31.9 Å². The molecule has 6 heteroatoms. The molecule has 0 aromatic carbocycles. The second-order valence-electron chi connectivity index (χ2n) is 3.75. The molecule has 1 aromatic heterocycles. The zero-order valence-electron chi connectivity index (χ0n) is 10.6. The summed E-state index contributed by atoms with van der Waals surface area (Å²) < 4.78 is 4.66. The summed E-state index contributed by atoms with van der Waals surface area (Å²) in [6, 6.07) is 0. The van der Waals surface area contributed by atoms with Gasteiger partial charge in [-0.25, -0.2) is 4.98 Å². The smallest absolute Gasteiger partial charge is 0.325 e.